The number of nitrogens with zero attached hydrogens (tertiary/aromatic N) is 3. The third-order valence-corrected chi connectivity index (χ3v) is 2.92. The molecule has 0 atom stereocenters. The number of benzene rings is 1. The van der Waals surface area contributed by atoms with Gasteiger partial charge in [-0.1, -0.05) is 12.1 Å². The van der Waals surface area contributed by atoms with Gasteiger partial charge >= 0.3 is 0 Å². The Morgan fingerprint density at radius 3 is 2.75 bits per heavy atom. The lowest BCUT2D eigenvalue weighted by molar-refractivity contribution is 0.472. The maximum Gasteiger partial charge on any atom is 0.133 e. The molecule has 5 nitrogen and oxygen atoms in total. The van der Waals surface area contributed by atoms with E-state index < -0.39 is 0 Å². The summed E-state index contributed by atoms with van der Waals surface area (Å²) in [6.45, 7) is 0.582. The zero-order chi connectivity index (χ0) is 13.8. The molecule has 2 heterocycles. The summed E-state index contributed by atoms with van der Waals surface area (Å²) in [5.74, 6) is 0.172. The highest BCUT2D eigenvalue weighted by atomic mass is 16.3. The number of rotatable bonds is 4. The summed E-state index contributed by atoms with van der Waals surface area (Å²) in [6, 6.07) is 13.2. The van der Waals surface area contributed by atoms with E-state index in [1.54, 1.807) is 18.3 Å². The van der Waals surface area contributed by atoms with Crippen LogP contribution >= 0.6 is 0 Å². The Morgan fingerprint density at radius 2 is 2.00 bits per heavy atom. The van der Waals surface area contributed by atoms with Crippen LogP contribution in [-0.4, -0.2) is 19.9 Å². The van der Waals surface area contributed by atoms with Gasteiger partial charge in [0.05, 0.1) is 29.8 Å². The highest BCUT2D eigenvalue weighted by Crippen LogP contribution is 2.19. The minimum absolute atomic E-state index is 0.172. The summed E-state index contributed by atoms with van der Waals surface area (Å²) in [7, 11) is 0. The molecular formula is C15H14N4O. The smallest absolute Gasteiger partial charge is 0.133 e. The lowest BCUT2D eigenvalue weighted by Gasteiger charge is -2.11. The first-order valence-corrected chi connectivity index (χ1v) is 6.30. The van der Waals surface area contributed by atoms with Crippen molar-refractivity contribution in [1.82, 2.24) is 14.8 Å². The summed E-state index contributed by atoms with van der Waals surface area (Å²) >= 11 is 0. The molecule has 0 fully saturated rings. The molecule has 1 aromatic carbocycles. The normalized spacial score (nSPS) is 10.4. The molecule has 100 valence electrons. The van der Waals surface area contributed by atoms with Crippen molar-refractivity contribution in [2.75, 3.05) is 5.32 Å². The van der Waals surface area contributed by atoms with Crippen LogP contribution in [0.25, 0.3) is 5.69 Å². The number of pyridine rings is 1. The van der Waals surface area contributed by atoms with E-state index in [0.29, 0.717) is 6.54 Å². The number of nitrogens with one attached hydrogen (secondary N) is 1. The van der Waals surface area contributed by atoms with Crippen LogP contribution in [0, 0.1) is 0 Å². The minimum atomic E-state index is 0.172. The molecule has 0 amide bonds. The molecule has 0 radical (unpaired) electrons. The van der Waals surface area contributed by atoms with Gasteiger partial charge in [0.25, 0.3) is 0 Å². The van der Waals surface area contributed by atoms with E-state index in [2.05, 4.69) is 15.4 Å². The van der Waals surface area contributed by atoms with E-state index in [4.69, 9.17) is 0 Å². The predicted molar refractivity (Wildman–Crippen MR) is 76.8 cm³/mol. The molecule has 0 aliphatic heterocycles. The molecule has 3 rings (SSSR count). The van der Waals surface area contributed by atoms with Crippen LogP contribution in [0.4, 0.5) is 5.69 Å². The van der Waals surface area contributed by atoms with Crippen molar-refractivity contribution in [3.05, 3.63) is 66.7 Å². The summed E-state index contributed by atoms with van der Waals surface area (Å²) < 4.78 is 1.81. The van der Waals surface area contributed by atoms with E-state index in [-0.39, 0.29) is 5.75 Å². The fourth-order valence-electron chi connectivity index (χ4n) is 1.94. The monoisotopic (exact) mass is 266 g/mol. The topological polar surface area (TPSA) is 63.0 Å². The number of hydrogen-bond donors (Lipinski definition) is 2. The van der Waals surface area contributed by atoms with Crippen LogP contribution < -0.4 is 5.32 Å². The maximum absolute atomic E-state index is 9.22. The second kappa shape index (κ2) is 5.44. The Hall–Kier alpha value is -2.82. The number of hydrogen-bond acceptors (Lipinski definition) is 4. The molecule has 5 heteroatoms. The first-order chi connectivity index (χ1) is 9.83. The van der Waals surface area contributed by atoms with Crippen molar-refractivity contribution in [2.45, 2.75) is 6.54 Å². The van der Waals surface area contributed by atoms with Gasteiger partial charge < -0.3 is 10.4 Å². The number of anilines is 1. The molecule has 0 aliphatic rings. The van der Waals surface area contributed by atoms with Crippen molar-refractivity contribution in [3.8, 4) is 11.4 Å². The molecule has 0 bridgehead atoms. The molecule has 0 aliphatic carbocycles. The molecular weight excluding hydrogens is 252 g/mol. The van der Waals surface area contributed by atoms with E-state index in [9.17, 15) is 5.11 Å². The molecule has 0 spiro atoms. The highest BCUT2D eigenvalue weighted by molar-refractivity contribution is 5.60. The first-order valence-electron chi connectivity index (χ1n) is 6.30. The standard InChI is InChI=1S/C15H14N4O/c20-13-7-6-12(16-11-13)10-17-14-4-1-2-5-15(14)19-9-3-8-18-19/h1-9,11,17,20H,10H2. The Morgan fingerprint density at radius 1 is 1.10 bits per heavy atom. The summed E-state index contributed by atoms with van der Waals surface area (Å²) in [4.78, 5) is 4.15. The van der Waals surface area contributed by atoms with Crippen molar-refractivity contribution >= 4 is 5.69 Å². The molecule has 0 saturated carbocycles. The van der Waals surface area contributed by atoms with Crippen LogP contribution in [0.1, 0.15) is 5.69 Å². The fourth-order valence-corrected chi connectivity index (χ4v) is 1.94. The fraction of sp³-hybridized carbons (Fsp3) is 0.0667. The molecule has 0 unspecified atom stereocenters. The lowest BCUT2D eigenvalue weighted by atomic mass is 10.2. The van der Waals surface area contributed by atoms with E-state index in [0.717, 1.165) is 17.1 Å². The predicted octanol–water partition coefficient (Wildman–Crippen LogP) is 2.58. The number of aromatic hydroxyl groups is 1. The Labute approximate surface area is 116 Å². The van der Waals surface area contributed by atoms with Gasteiger partial charge in [0.15, 0.2) is 0 Å². The van der Waals surface area contributed by atoms with Crippen molar-refractivity contribution < 1.29 is 5.11 Å². The van der Waals surface area contributed by atoms with Crippen LogP contribution in [0.5, 0.6) is 5.75 Å². The minimum Gasteiger partial charge on any atom is -0.506 e. The van der Waals surface area contributed by atoms with Crippen molar-refractivity contribution in [1.29, 1.82) is 0 Å². The van der Waals surface area contributed by atoms with Gasteiger partial charge in [-0.15, -0.1) is 0 Å². The number of para-hydroxylation sites is 2. The first kappa shape index (κ1) is 12.2. The van der Waals surface area contributed by atoms with Gasteiger partial charge in [-0.25, -0.2) is 4.68 Å². The molecule has 2 aromatic heterocycles. The van der Waals surface area contributed by atoms with E-state index >= 15 is 0 Å². The average Bonchev–Trinajstić information content (AvgIpc) is 3.01. The van der Waals surface area contributed by atoms with Crippen LogP contribution in [0.15, 0.2) is 61.1 Å². The van der Waals surface area contributed by atoms with Gasteiger partial charge in [0.2, 0.25) is 0 Å². The lowest BCUT2D eigenvalue weighted by Crippen LogP contribution is -2.05. The average molecular weight is 266 g/mol. The van der Waals surface area contributed by atoms with E-state index in [1.807, 2.05) is 41.2 Å². The molecule has 2 N–H and O–H groups in total. The SMILES string of the molecule is Oc1ccc(CNc2ccccc2-n2cccn2)nc1. The molecule has 20 heavy (non-hydrogen) atoms. The Balaban J connectivity index is 1.79. The second-order valence-electron chi connectivity index (χ2n) is 4.33. The van der Waals surface area contributed by atoms with E-state index in [1.165, 1.54) is 6.20 Å². The Kier molecular flexibility index (Phi) is 3.33. The summed E-state index contributed by atoms with van der Waals surface area (Å²) in [5.41, 5.74) is 2.82. The van der Waals surface area contributed by atoms with Crippen molar-refractivity contribution in [3.63, 3.8) is 0 Å². The largest absolute Gasteiger partial charge is 0.506 e. The molecule has 3 aromatic rings. The van der Waals surface area contributed by atoms with Gasteiger partial charge in [-0.3, -0.25) is 4.98 Å². The molecule has 0 saturated heterocycles. The van der Waals surface area contributed by atoms with Crippen LogP contribution in [0.3, 0.4) is 0 Å². The second-order valence-corrected chi connectivity index (χ2v) is 4.33. The zero-order valence-electron chi connectivity index (χ0n) is 10.8. The van der Waals surface area contributed by atoms with Crippen LogP contribution in [0.2, 0.25) is 0 Å². The highest BCUT2D eigenvalue weighted by Gasteiger charge is 2.04. The van der Waals surface area contributed by atoms with Crippen molar-refractivity contribution in [2.24, 2.45) is 0 Å². The number of aromatic nitrogens is 3. The summed E-state index contributed by atoms with van der Waals surface area (Å²) in [5, 5.41) is 16.8. The Bertz CT molecular complexity index is 677. The quantitative estimate of drug-likeness (QED) is 0.762. The third-order valence-electron chi connectivity index (χ3n) is 2.92. The summed E-state index contributed by atoms with van der Waals surface area (Å²) in [6.07, 6.45) is 5.09. The van der Waals surface area contributed by atoms with Gasteiger partial charge in [-0.05, 0) is 30.3 Å². The zero-order valence-corrected chi connectivity index (χ0v) is 10.8. The third kappa shape index (κ3) is 2.61. The van der Waals surface area contributed by atoms with Gasteiger partial charge in [0.1, 0.15) is 5.75 Å². The maximum atomic E-state index is 9.22. The van der Waals surface area contributed by atoms with Gasteiger partial charge in [0, 0.05) is 12.4 Å². The van der Waals surface area contributed by atoms with Crippen LogP contribution in [-0.2, 0) is 6.54 Å². The van der Waals surface area contributed by atoms with Gasteiger partial charge in [-0.2, -0.15) is 5.10 Å².